The van der Waals surface area contributed by atoms with Gasteiger partial charge >= 0.3 is 0 Å². The van der Waals surface area contributed by atoms with Gasteiger partial charge in [-0.25, -0.2) is 0 Å². The van der Waals surface area contributed by atoms with Gasteiger partial charge in [0, 0.05) is 13.1 Å². The van der Waals surface area contributed by atoms with Gasteiger partial charge in [-0.3, -0.25) is 4.79 Å². The average Bonchev–Trinajstić information content (AvgIpc) is 2.17. The van der Waals surface area contributed by atoms with E-state index < -0.39 is 11.5 Å². The first-order valence-electron chi connectivity index (χ1n) is 5.43. The van der Waals surface area contributed by atoms with Crippen molar-refractivity contribution in [3.05, 3.63) is 0 Å². The number of piperidine rings is 1. The van der Waals surface area contributed by atoms with Crippen molar-refractivity contribution >= 4 is 5.91 Å². The summed E-state index contributed by atoms with van der Waals surface area (Å²) in [6.45, 7) is 7.02. The van der Waals surface area contributed by atoms with Crippen LogP contribution >= 0.6 is 0 Å². The number of hydrogen-bond donors (Lipinski definition) is 1. The molecule has 1 aliphatic rings. The molecule has 0 radical (unpaired) electrons. The van der Waals surface area contributed by atoms with E-state index in [-0.39, 0.29) is 5.91 Å². The molecule has 1 amide bonds. The highest BCUT2D eigenvalue weighted by atomic mass is 16.3. The molecule has 1 saturated heterocycles. The lowest BCUT2D eigenvalue weighted by Gasteiger charge is -2.35. The Morgan fingerprint density at radius 1 is 1.29 bits per heavy atom. The molecule has 0 aromatic carbocycles. The average molecular weight is 199 g/mol. The van der Waals surface area contributed by atoms with E-state index in [0.29, 0.717) is 0 Å². The van der Waals surface area contributed by atoms with Crippen LogP contribution in [-0.2, 0) is 4.79 Å². The Balaban J connectivity index is 2.63. The minimum atomic E-state index is -0.642. The van der Waals surface area contributed by atoms with Crippen LogP contribution in [0.5, 0.6) is 0 Å². The Kier molecular flexibility index (Phi) is 3.53. The second kappa shape index (κ2) is 4.30. The van der Waals surface area contributed by atoms with E-state index >= 15 is 0 Å². The minimum absolute atomic E-state index is 0.0900. The second-order valence-electron chi connectivity index (χ2n) is 4.75. The zero-order valence-corrected chi connectivity index (χ0v) is 9.42. The molecule has 1 atom stereocenters. The highest BCUT2D eigenvalue weighted by molar-refractivity contribution is 5.82. The molecule has 1 aliphatic heterocycles. The van der Waals surface area contributed by atoms with Crippen molar-refractivity contribution in [2.24, 2.45) is 5.41 Å². The lowest BCUT2D eigenvalue weighted by molar-refractivity contribution is -0.146. The van der Waals surface area contributed by atoms with Gasteiger partial charge in [0.05, 0.1) is 11.5 Å². The lowest BCUT2D eigenvalue weighted by atomic mass is 9.85. The third kappa shape index (κ3) is 2.27. The van der Waals surface area contributed by atoms with E-state index in [0.717, 1.165) is 25.9 Å². The Morgan fingerprint density at radius 3 is 2.21 bits per heavy atom. The van der Waals surface area contributed by atoms with Crippen LogP contribution in [0.3, 0.4) is 0 Å². The summed E-state index contributed by atoms with van der Waals surface area (Å²) in [5.74, 6) is 0.0900. The number of aliphatic hydroxyl groups is 1. The largest absolute Gasteiger partial charge is 0.392 e. The first kappa shape index (κ1) is 11.5. The van der Waals surface area contributed by atoms with Gasteiger partial charge in [-0.1, -0.05) is 0 Å². The molecule has 0 aliphatic carbocycles. The molecule has 1 rings (SSSR count). The summed E-state index contributed by atoms with van der Waals surface area (Å²) in [5.41, 5.74) is -0.642. The SMILES string of the molecule is CC(O)C(C)(C)C(=O)N1CCCCC1. The predicted octanol–water partition coefficient (Wildman–Crippen LogP) is 1.41. The van der Waals surface area contributed by atoms with Crippen molar-refractivity contribution in [2.45, 2.75) is 46.1 Å². The molecule has 14 heavy (non-hydrogen) atoms. The number of amides is 1. The number of rotatable bonds is 2. The van der Waals surface area contributed by atoms with Crippen molar-refractivity contribution < 1.29 is 9.90 Å². The van der Waals surface area contributed by atoms with Crippen LogP contribution in [0.1, 0.15) is 40.0 Å². The number of carbonyl (C=O) groups is 1. The zero-order valence-electron chi connectivity index (χ0n) is 9.42. The molecular formula is C11H21NO2. The first-order chi connectivity index (χ1) is 6.46. The molecule has 1 unspecified atom stereocenters. The molecule has 0 aromatic heterocycles. The highest BCUT2D eigenvalue weighted by Crippen LogP contribution is 2.25. The topological polar surface area (TPSA) is 40.5 Å². The van der Waals surface area contributed by atoms with Gasteiger partial charge in [0.2, 0.25) is 5.91 Å². The number of nitrogens with zero attached hydrogens (tertiary/aromatic N) is 1. The Labute approximate surface area is 86.1 Å². The normalized spacial score (nSPS) is 20.7. The van der Waals surface area contributed by atoms with E-state index in [9.17, 15) is 9.90 Å². The van der Waals surface area contributed by atoms with E-state index in [1.54, 1.807) is 6.92 Å². The van der Waals surface area contributed by atoms with Gasteiger partial charge in [0.15, 0.2) is 0 Å². The minimum Gasteiger partial charge on any atom is -0.392 e. The van der Waals surface area contributed by atoms with Crippen molar-refractivity contribution in [1.29, 1.82) is 0 Å². The summed E-state index contributed by atoms with van der Waals surface area (Å²) in [6, 6.07) is 0. The van der Waals surface area contributed by atoms with Gasteiger partial charge in [-0.2, -0.15) is 0 Å². The summed E-state index contributed by atoms with van der Waals surface area (Å²) in [6.07, 6.45) is 2.83. The fourth-order valence-corrected chi connectivity index (χ4v) is 1.68. The molecule has 1 heterocycles. The van der Waals surface area contributed by atoms with E-state index in [1.165, 1.54) is 6.42 Å². The summed E-state index contributed by atoms with van der Waals surface area (Å²) in [5, 5.41) is 9.53. The van der Waals surface area contributed by atoms with Gasteiger partial charge in [-0.05, 0) is 40.0 Å². The van der Waals surface area contributed by atoms with Gasteiger partial charge < -0.3 is 10.0 Å². The first-order valence-corrected chi connectivity index (χ1v) is 5.43. The maximum Gasteiger partial charge on any atom is 0.230 e. The van der Waals surface area contributed by atoms with Crippen LogP contribution < -0.4 is 0 Å². The molecule has 1 N–H and O–H groups in total. The third-order valence-corrected chi connectivity index (χ3v) is 3.24. The van der Waals surface area contributed by atoms with Crippen molar-refractivity contribution in [3.8, 4) is 0 Å². The second-order valence-corrected chi connectivity index (χ2v) is 4.75. The maximum atomic E-state index is 12.0. The summed E-state index contributed by atoms with van der Waals surface area (Å²) in [7, 11) is 0. The number of likely N-dealkylation sites (tertiary alicyclic amines) is 1. The molecular weight excluding hydrogens is 178 g/mol. The number of aliphatic hydroxyl groups excluding tert-OH is 1. The van der Waals surface area contributed by atoms with Gasteiger partial charge in [-0.15, -0.1) is 0 Å². The van der Waals surface area contributed by atoms with Crippen molar-refractivity contribution in [3.63, 3.8) is 0 Å². The van der Waals surface area contributed by atoms with E-state index in [2.05, 4.69) is 0 Å². The summed E-state index contributed by atoms with van der Waals surface area (Å²) in [4.78, 5) is 13.9. The van der Waals surface area contributed by atoms with E-state index in [4.69, 9.17) is 0 Å². The van der Waals surface area contributed by atoms with Crippen LogP contribution in [0.15, 0.2) is 0 Å². The maximum absolute atomic E-state index is 12.0. The highest BCUT2D eigenvalue weighted by Gasteiger charge is 2.36. The molecule has 3 heteroatoms. The van der Waals surface area contributed by atoms with Crippen LogP contribution in [0.25, 0.3) is 0 Å². The standard InChI is InChI=1S/C11H21NO2/c1-9(13)11(2,3)10(14)12-7-5-4-6-8-12/h9,13H,4-8H2,1-3H3. The van der Waals surface area contributed by atoms with Gasteiger partial charge in [0.25, 0.3) is 0 Å². The van der Waals surface area contributed by atoms with Crippen molar-refractivity contribution in [1.82, 2.24) is 4.90 Å². The van der Waals surface area contributed by atoms with Crippen LogP contribution in [0, 0.1) is 5.41 Å². The fraction of sp³-hybridized carbons (Fsp3) is 0.909. The van der Waals surface area contributed by atoms with Crippen molar-refractivity contribution in [2.75, 3.05) is 13.1 Å². The molecule has 0 spiro atoms. The predicted molar refractivity (Wildman–Crippen MR) is 55.9 cm³/mol. The molecule has 1 fully saturated rings. The Bertz CT molecular complexity index is 205. The number of hydrogen-bond acceptors (Lipinski definition) is 2. The zero-order chi connectivity index (χ0) is 10.8. The summed E-state index contributed by atoms with van der Waals surface area (Å²) >= 11 is 0. The monoisotopic (exact) mass is 199 g/mol. The van der Waals surface area contributed by atoms with Crippen LogP contribution in [-0.4, -0.2) is 35.1 Å². The summed E-state index contributed by atoms with van der Waals surface area (Å²) < 4.78 is 0. The lowest BCUT2D eigenvalue weighted by Crippen LogP contribution is -2.47. The fourth-order valence-electron chi connectivity index (χ4n) is 1.68. The molecule has 0 aromatic rings. The van der Waals surface area contributed by atoms with Gasteiger partial charge in [0.1, 0.15) is 0 Å². The van der Waals surface area contributed by atoms with E-state index in [1.807, 2.05) is 18.7 Å². The van der Waals surface area contributed by atoms with Crippen LogP contribution in [0.4, 0.5) is 0 Å². The van der Waals surface area contributed by atoms with Crippen LogP contribution in [0.2, 0.25) is 0 Å². The third-order valence-electron chi connectivity index (χ3n) is 3.24. The molecule has 82 valence electrons. The smallest absolute Gasteiger partial charge is 0.230 e. The Morgan fingerprint density at radius 2 is 1.79 bits per heavy atom. The quantitative estimate of drug-likeness (QED) is 0.730. The molecule has 3 nitrogen and oxygen atoms in total. The Hall–Kier alpha value is -0.570. The molecule has 0 saturated carbocycles. The number of carbonyl (C=O) groups excluding carboxylic acids is 1. The molecule has 0 bridgehead atoms.